The van der Waals surface area contributed by atoms with Gasteiger partial charge in [0.2, 0.25) is 0 Å². The van der Waals surface area contributed by atoms with E-state index in [9.17, 15) is 18.1 Å². The summed E-state index contributed by atoms with van der Waals surface area (Å²) >= 11 is 0. The number of hydrogen-bond donors (Lipinski definition) is 1. The molecule has 0 bridgehead atoms. The van der Waals surface area contributed by atoms with E-state index in [0.29, 0.717) is 25.7 Å². The molecule has 0 amide bonds. The monoisotopic (exact) mass is 344 g/mol. The van der Waals surface area contributed by atoms with Crippen molar-refractivity contribution < 1.29 is 47.6 Å². The summed E-state index contributed by atoms with van der Waals surface area (Å²) in [6.45, 7) is 4.07. The zero-order chi connectivity index (χ0) is 16.1. The molecule has 0 aliphatic heterocycles. The van der Waals surface area contributed by atoms with E-state index in [1.807, 2.05) is 6.92 Å². The molecule has 0 radical (unpaired) electrons. The molecule has 0 aliphatic carbocycles. The summed E-state index contributed by atoms with van der Waals surface area (Å²) in [7, 11) is -4.22. The molecule has 0 saturated carbocycles. The van der Waals surface area contributed by atoms with Gasteiger partial charge in [0, 0.05) is 5.25 Å². The quantitative estimate of drug-likeness (QED) is 0.290. The van der Waals surface area contributed by atoms with Gasteiger partial charge in [-0.3, -0.25) is 0 Å². The van der Waals surface area contributed by atoms with Crippen LogP contribution in [0.25, 0.3) is 0 Å². The Morgan fingerprint density at radius 2 is 1.36 bits per heavy atom. The number of hydrogen-bond acceptors (Lipinski definition) is 4. The molecular formula is C16H33NaO4S. The second kappa shape index (κ2) is 15.4. The molecule has 0 heterocycles. The van der Waals surface area contributed by atoms with Crippen molar-refractivity contribution in [2.24, 2.45) is 0 Å². The third-order valence-electron chi connectivity index (χ3n) is 3.98. The summed E-state index contributed by atoms with van der Waals surface area (Å²) in [5, 5.41) is 9.05. The average molecular weight is 344 g/mol. The van der Waals surface area contributed by atoms with Crippen molar-refractivity contribution in [3.8, 4) is 0 Å². The first-order valence-electron chi connectivity index (χ1n) is 8.54. The van der Waals surface area contributed by atoms with Crippen LogP contribution in [-0.4, -0.2) is 29.4 Å². The van der Waals surface area contributed by atoms with Gasteiger partial charge in [0.25, 0.3) is 0 Å². The van der Waals surface area contributed by atoms with Crippen LogP contribution in [0.3, 0.4) is 0 Å². The van der Waals surface area contributed by atoms with E-state index in [2.05, 4.69) is 6.92 Å². The molecule has 128 valence electrons. The predicted octanol–water partition coefficient (Wildman–Crippen LogP) is 0.986. The molecule has 4 nitrogen and oxygen atoms in total. The van der Waals surface area contributed by atoms with Gasteiger partial charge < -0.3 is 9.66 Å². The number of aliphatic hydroxyl groups is 1. The average Bonchev–Trinajstić information content (AvgIpc) is 2.41. The Kier molecular flexibility index (Phi) is 17.6. The third-order valence-corrected chi connectivity index (χ3v) is 5.27. The third kappa shape index (κ3) is 14.5. The number of unbranched alkanes of at least 4 members (excludes halogenated alkanes) is 6. The second-order valence-corrected chi connectivity index (χ2v) is 7.70. The summed E-state index contributed by atoms with van der Waals surface area (Å²) in [6.07, 6.45) is 10.4. The molecule has 0 aliphatic rings. The van der Waals surface area contributed by atoms with Crippen LogP contribution in [0.1, 0.15) is 90.9 Å². The Hall–Kier alpha value is 0.870. The Morgan fingerprint density at radius 3 is 1.86 bits per heavy atom. The zero-order valence-corrected chi connectivity index (χ0v) is 17.5. The fourth-order valence-corrected chi connectivity index (χ4v) is 3.56. The van der Waals surface area contributed by atoms with Crippen LogP contribution in [0.5, 0.6) is 0 Å². The standard InChI is InChI=1S/C16H34O4S.Na/c1-3-5-6-7-8-9-10-12-15(17)13-14-16(11-4-2)21(18,19)20;/h15-17H,3-14H2,1-2H3,(H,18,19,20);/q;+1/p-1. The predicted molar refractivity (Wildman–Crippen MR) is 86.2 cm³/mol. The number of aliphatic hydroxyl groups excluding tert-OH is 1. The van der Waals surface area contributed by atoms with Crippen LogP contribution < -0.4 is 29.6 Å². The molecule has 0 saturated heterocycles. The van der Waals surface area contributed by atoms with E-state index in [1.54, 1.807) is 0 Å². The van der Waals surface area contributed by atoms with E-state index in [0.717, 1.165) is 12.8 Å². The van der Waals surface area contributed by atoms with Crippen LogP contribution in [0.4, 0.5) is 0 Å². The normalized spacial score (nSPS) is 14.4. The molecule has 0 aromatic rings. The van der Waals surface area contributed by atoms with Crippen molar-refractivity contribution in [2.75, 3.05) is 0 Å². The summed E-state index contributed by atoms with van der Waals surface area (Å²) in [6, 6.07) is 0. The van der Waals surface area contributed by atoms with Crippen molar-refractivity contribution in [2.45, 2.75) is 102 Å². The Labute approximate surface area is 159 Å². The van der Waals surface area contributed by atoms with Crippen LogP contribution in [-0.2, 0) is 10.1 Å². The van der Waals surface area contributed by atoms with Crippen molar-refractivity contribution in [1.82, 2.24) is 0 Å². The van der Waals surface area contributed by atoms with E-state index < -0.39 is 21.5 Å². The van der Waals surface area contributed by atoms with Crippen molar-refractivity contribution in [3.05, 3.63) is 0 Å². The summed E-state index contributed by atoms with van der Waals surface area (Å²) in [5.41, 5.74) is 0. The fourth-order valence-electron chi connectivity index (χ4n) is 2.61. The molecular weight excluding hydrogens is 311 g/mol. The van der Waals surface area contributed by atoms with Gasteiger partial charge in [-0.1, -0.05) is 65.2 Å². The Bertz CT molecular complexity index is 333. The van der Waals surface area contributed by atoms with Crippen LogP contribution >= 0.6 is 0 Å². The topological polar surface area (TPSA) is 77.4 Å². The molecule has 0 spiro atoms. The maximum absolute atomic E-state index is 11.1. The maximum atomic E-state index is 11.1. The van der Waals surface area contributed by atoms with Gasteiger partial charge in [-0.25, -0.2) is 8.42 Å². The largest absolute Gasteiger partial charge is 1.00 e. The van der Waals surface area contributed by atoms with Crippen molar-refractivity contribution in [1.29, 1.82) is 0 Å². The molecule has 6 heteroatoms. The first-order chi connectivity index (χ1) is 9.91. The smallest absolute Gasteiger partial charge is 0.748 e. The first kappa shape index (κ1) is 25.1. The fraction of sp³-hybridized carbons (Fsp3) is 1.00. The summed E-state index contributed by atoms with van der Waals surface area (Å²) < 4.78 is 33.2. The van der Waals surface area contributed by atoms with Crippen molar-refractivity contribution >= 4 is 10.1 Å². The molecule has 2 atom stereocenters. The minimum absolute atomic E-state index is 0. The first-order valence-corrected chi connectivity index (χ1v) is 10.0. The molecule has 2 unspecified atom stereocenters. The minimum atomic E-state index is -4.22. The molecule has 0 aromatic carbocycles. The summed E-state index contributed by atoms with van der Waals surface area (Å²) in [5.74, 6) is 0. The van der Waals surface area contributed by atoms with Gasteiger partial charge in [0.1, 0.15) is 0 Å². The van der Waals surface area contributed by atoms with E-state index in [4.69, 9.17) is 0 Å². The van der Waals surface area contributed by atoms with Gasteiger partial charge in [0.15, 0.2) is 0 Å². The molecule has 0 aromatic heterocycles. The molecule has 22 heavy (non-hydrogen) atoms. The second-order valence-electron chi connectivity index (χ2n) is 6.04. The van der Waals surface area contributed by atoms with Gasteiger partial charge in [-0.15, -0.1) is 0 Å². The number of rotatable bonds is 14. The molecule has 1 N–H and O–H groups in total. The van der Waals surface area contributed by atoms with Gasteiger partial charge in [-0.05, 0) is 25.7 Å². The Morgan fingerprint density at radius 1 is 0.818 bits per heavy atom. The summed E-state index contributed by atoms with van der Waals surface area (Å²) in [4.78, 5) is 0. The van der Waals surface area contributed by atoms with Crippen molar-refractivity contribution in [3.63, 3.8) is 0 Å². The molecule has 0 rings (SSSR count). The van der Waals surface area contributed by atoms with Crippen LogP contribution in [0.2, 0.25) is 0 Å². The molecule has 0 fully saturated rings. The van der Waals surface area contributed by atoms with Crippen LogP contribution in [0, 0.1) is 0 Å². The SMILES string of the molecule is CCCCCCCCCC(O)CCC(CCC)S(=O)(=O)[O-].[Na+]. The van der Waals surface area contributed by atoms with E-state index in [1.165, 1.54) is 32.1 Å². The van der Waals surface area contributed by atoms with Gasteiger partial charge in [-0.2, -0.15) is 0 Å². The van der Waals surface area contributed by atoms with Gasteiger partial charge in [0.05, 0.1) is 16.2 Å². The van der Waals surface area contributed by atoms with E-state index >= 15 is 0 Å². The van der Waals surface area contributed by atoms with Crippen LogP contribution in [0.15, 0.2) is 0 Å². The minimum Gasteiger partial charge on any atom is -0.748 e. The zero-order valence-electron chi connectivity index (χ0n) is 14.7. The Balaban J connectivity index is 0. The van der Waals surface area contributed by atoms with Gasteiger partial charge >= 0.3 is 29.6 Å². The van der Waals surface area contributed by atoms with E-state index in [-0.39, 0.29) is 36.0 Å². The maximum Gasteiger partial charge on any atom is 1.00 e.